The zero-order chi connectivity index (χ0) is 16.8. The zero-order valence-corrected chi connectivity index (χ0v) is 13.8. The van der Waals surface area contributed by atoms with Crippen molar-refractivity contribution in [3.05, 3.63) is 59.9 Å². The second kappa shape index (κ2) is 7.73. The molecule has 3 rings (SSSR count). The monoisotopic (exact) mass is 323 g/mol. The van der Waals surface area contributed by atoms with Gasteiger partial charge in [0.1, 0.15) is 0 Å². The maximum atomic E-state index is 11.9. The minimum absolute atomic E-state index is 0.384. The fourth-order valence-corrected chi connectivity index (χ4v) is 2.76. The fourth-order valence-electron chi connectivity index (χ4n) is 2.76. The Morgan fingerprint density at radius 2 is 1.83 bits per heavy atom. The quantitative estimate of drug-likeness (QED) is 0.489. The molecule has 24 heavy (non-hydrogen) atoms. The summed E-state index contributed by atoms with van der Waals surface area (Å²) in [5.74, 6) is -0.507. The molecule has 0 radical (unpaired) electrons. The van der Waals surface area contributed by atoms with E-state index in [1.165, 1.54) is 31.1 Å². The third-order valence-electron chi connectivity index (χ3n) is 4.17. The third kappa shape index (κ3) is 3.98. The lowest BCUT2D eigenvalue weighted by atomic mass is 10.1. The average Bonchev–Trinajstić information content (AvgIpc) is 2.67. The molecule has 0 N–H and O–H groups in total. The molecule has 0 aliphatic carbocycles. The van der Waals surface area contributed by atoms with Gasteiger partial charge in [0.15, 0.2) is 0 Å². The smallest absolute Gasteiger partial charge is 0.367 e. The van der Waals surface area contributed by atoms with Gasteiger partial charge in [-0.15, -0.1) is 0 Å². The Morgan fingerprint density at radius 3 is 2.50 bits per heavy atom. The van der Waals surface area contributed by atoms with E-state index in [2.05, 4.69) is 27.2 Å². The number of hydrogen-bond acceptors (Lipinski definition) is 5. The van der Waals surface area contributed by atoms with Crippen molar-refractivity contribution in [2.75, 3.05) is 18.0 Å². The molecule has 1 aliphatic rings. The zero-order valence-electron chi connectivity index (χ0n) is 13.8. The number of pyridine rings is 1. The van der Waals surface area contributed by atoms with Gasteiger partial charge < -0.3 is 9.74 Å². The third-order valence-corrected chi connectivity index (χ3v) is 4.17. The van der Waals surface area contributed by atoms with E-state index >= 15 is 0 Å². The first-order chi connectivity index (χ1) is 11.7. The summed E-state index contributed by atoms with van der Waals surface area (Å²) in [6.45, 7) is 4.07. The van der Waals surface area contributed by atoms with Crippen molar-refractivity contribution in [1.29, 1.82) is 0 Å². The normalized spacial score (nSPS) is 15.2. The van der Waals surface area contributed by atoms with Crippen LogP contribution in [0.3, 0.4) is 0 Å². The number of benzene rings is 1. The van der Waals surface area contributed by atoms with Gasteiger partial charge in [-0.05, 0) is 56.0 Å². The number of anilines is 1. The number of nitrogens with zero attached hydrogens (tertiary/aromatic N) is 3. The van der Waals surface area contributed by atoms with E-state index in [4.69, 9.17) is 4.84 Å². The van der Waals surface area contributed by atoms with E-state index in [0.29, 0.717) is 11.3 Å². The molecule has 0 amide bonds. The second-order valence-corrected chi connectivity index (χ2v) is 5.89. The number of piperidine rings is 1. The van der Waals surface area contributed by atoms with Crippen LogP contribution >= 0.6 is 0 Å². The molecule has 2 heterocycles. The van der Waals surface area contributed by atoms with Crippen LogP contribution in [-0.2, 0) is 4.84 Å². The van der Waals surface area contributed by atoms with Crippen LogP contribution in [0.5, 0.6) is 0 Å². The van der Waals surface area contributed by atoms with Crippen LogP contribution in [0.4, 0.5) is 5.69 Å². The van der Waals surface area contributed by atoms with Gasteiger partial charge in [0.25, 0.3) is 0 Å². The maximum absolute atomic E-state index is 11.9. The van der Waals surface area contributed by atoms with Gasteiger partial charge in [-0.25, -0.2) is 4.79 Å². The summed E-state index contributed by atoms with van der Waals surface area (Å²) in [7, 11) is 0. The van der Waals surface area contributed by atoms with E-state index in [0.717, 1.165) is 18.7 Å². The molecule has 124 valence electrons. The van der Waals surface area contributed by atoms with Crippen LogP contribution in [0.2, 0.25) is 0 Å². The molecule has 0 saturated carbocycles. The molecule has 0 atom stereocenters. The molecule has 0 bridgehead atoms. The van der Waals surface area contributed by atoms with Gasteiger partial charge in [0.2, 0.25) is 0 Å². The summed E-state index contributed by atoms with van der Waals surface area (Å²) in [5, 5.41) is 3.94. The second-order valence-electron chi connectivity index (χ2n) is 5.89. The Hall–Kier alpha value is -2.69. The first kappa shape index (κ1) is 16.2. The van der Waals surface area contributed by atoms with Crippen molar-refractivity contribution in [3.8, 4) is 0 Å². The summed E-state index contributed by atoms with van der Waals surface area (Å²) >= 11 is 0. The highest BCUT2D eigenvalue weighted by Gasteiger charge is 2.11. The summed E-state index contributed by atoms with van der Waals surface area (Å²) in [6, 6.07) is 11.6. The van der Waals surface area contributed by atoms with Crippen LogP contribution in [-0.4, -0.2) is 29.8 Å². The van der Waals surface area contributed by atoms with Gasteiger partial charge in [0, 0.05) is 31.2 Å². The predicted octanol–water partition coefficient (Wildman–Crippen LogP) is 3.65. The largest absolute Gasteiger partial charge is 0.372 e. The SMILES string of the molecule is C/C(=N\OC(=O)c1cccnc1)c1ccc(N2CCCCC2)cc1. The molecule has 1 fully saturated rings. The molecular formula is C19H21N3O2. The van der Waals surface area contributed by atoms with Gasteiger partial charge in [-0.2, -0.15) is 0 Å². The lowest BCUT2D eigenvalue weighted by molar-refractivity contribution is 0.0516. The molecular weight excluding hydrogens is 302 g/mol. The Bertz CT molecular complexity index is 705. The Balaban J connectivity index is 1.64. The Kier molecular flexibility index (Phi) is 5.21. The summed E-state index contributed by atoms with van der Waals surface area (Å²) in [5.41, 5.74) is 3.22. The highest BCUT2D eigenvalue weighted by Crippen LogP contribution is 2.20. The van der Waals surface area contributed by atoms with E-state index in [1.807, 2.05) is 19.1 Å². The molecule has 1 saturated heterocycles. The van der Waals surface area contributed by atoms with Crippen molar-refractivity contribution in [1.82, 2.24) is 4.98 Å². The van der Waals surface area contributed by atoms with E-state index in [1.54, 1.807) is 18.3 Å². The van der Waals surface area contributed by atoms with Crippen LogP contribution in [0, 0.1) is 0 Å². The minimum atomic E-state index is -0.507. The standard InChI is InChI=1S/C19H21N3O2/c1-15(21-24-19(23)17-6-5-11-20-14-17)16-7-9-18(10-8-16)22-12-3-2-4-13-22/h5-11,14H,2-4,12-13H2,1H3/b21-15+. The van der Waals surface area contributed by atoms with Crippen LogP contribution in [0.15, 0.2) is 53.9 Å². The number of hydrogen-bond donors (Lipinski definition) is 0. The van der Waals surface area contributed by atoms with Crippen LogP contribution in [0.1, 0.15) is 42.1 Å². The molecule has 1 aliphatic heterocycles. The van der Waals surface area contributed by atoms with E-state index in [9.17, 15) is 4.79 Å². The highest BCUT2D eigenvalue weighted by molar-refractivity contribution is 5.99. The first-order valence-corrected chi connectivity index (χ1v) is 8.25. The van der Waals surface area contributed by atoms with E-state index < -0.39 is 5.97 Å². The predicted molar refractivity (Wildman–Crippen MR) is 94.4 cm³/mol. The number of oxime groups is 1. The minimum Gasteiger partial charge on any atom is -0.372 e. The molecule has 5 nitrogen and oxygen atoms in total. The fraction of sp³-hybridized carbons (Fsp3) is 0.316. The van der Waals surface area contributed by atoms with E-state index in [-0.39, 0.29) is 0 Å². The summed E-state index contributed by atoms with van der Waals surface area (Å²) in [4.78, 5) is 23.2. The number of rotatable bonds is 4. The van der Waals surface area contributed by atoms with Gasteiger partial charge in [-0.1, -0.05) is 17.3 Å². The molecule has 5 heteroatoms. The number of aromatic nitrogens is 1. The molecule has 1 aromatic heterocycles. The van der Waals surface area contributed by atoms with Crippen LogP contribution < -0.4 is 4.90 Å². The average molecular weight is 323 g/mol. The van der Waals surface area contributed by atoms with Crippen molar-refractivity contribution in [2.24, 2.45) is 5.16 Å². The molecule has 0 unspecified atom stereocenters. The lowest BCUT2D eigenvalue weighted by Gasteiger charge is -2.28. The Morgan fingerprint density at radius 1 is 1.08 bits per heavy atom. The Labute approximate surface area is 142 Å². The number of carbonyl (C=O) groups is 1. The van der Waals surface area contributed by atoms with Gasteiger partial charge >= 0.3 is 5.97 Å². The van der Waals surface area contributed by atoms with Crippen LogP contribution in [0.25, 0.3) is 0 Å². The van der Waals surface area contributed by atoms with Gasteiger partial charge in [0.05, 0.1) is 11.3 Å². The first-order valence-electron chi connectivity index (χ1n) is 8.25. The van der Waals surface area contributed by atoms with Crippen molar-refractivity contribution in [2.45, 2.75) is 26.2 Å². The lowest BCUT2D eigenvalue weighted by Crippen LogP contribution is -2.29. The molecule has 2 aromatic rings. The summed E-state index contributed by atoms with van der Waals surface area (Å²) < 4.78 is 0. The highest BCUT2D eigenvalue weighted by atomic mass is 16.7. The maximum Gasteiger partial charge on any atom is 0.367 e. The van der Waals surface area contributed by atoms with Crippen molar-refractivity contribution < 1.29 is 9.63 Å². The number of carbonyl (C=O) groups excluding carboxylic acids is 1. The topological polar surface area (TPSA) is 54.8 Å². The molecule has 0 spiro atoms. The van der Waals surface area contributed by atoms with Gasteiger partial charge in [-0.3, -0.25) is 4.98 Å². The summed E-state index contributed by atoms with van der Waals surface area (Å²) in [6.07, 6.45) is 6.90. The molecule has 1 aromatic carbocycles. The van der Waals surface area contributed by atoms with Crippen molar-refractivity contribution >= 4 is 17.4 Å². The van der Waals surface area contributed by atoms with Crippen molar-refractivity contribution in [3.63, 3.8) is 0 Å².